The van der Waals surface area contributed by atoms with E-state index in [0.29, 0.717) is 29.8 Å². The Kier molecular flexibility index (Phi) is 10.5. The molecular weight excluding hydrogens is 610 g/mol. The van der Waals surface area contributed by atoms with Gasteiger partial charge in [-0.25, -0.2) is 14.5 Å². The highest BCUT2D eigenvalue weighted by Gasteiger charge is 2.60. The number of urea groups is 2. The molecule has 252 valence electrons. The van der Waals surface area contributed by atoms with Crippen LogP contribution in [-0.4, -0.2) is 56.3 Å². The number of carbonyl (C=O) groups excluding carboxylic acids is 4. The number of benzene rings is 3. The molecule has 48 heavy (non-hydrogen) atoms. The molecule has 6 amide bonds. The van der Waals surface area contributed by atoms with Crippen LogP contribution in [0.2, 0.25) is 0 Å². The van der Waals surface area contributed by atoms with Crippen LogP contribution < -0.4 is 16.0 Å². The van der Waals surface area contributed by atoms with Gasteiger partial charge in [0.05, 0.1) is 12.5 Å². The summed E-state index contributed by atoms with van der Waals surface area (Å²) in [6.45, 7) is 5.89. The minimum atomic E-state index is -1.11. The van der Waals surface area contributed by atoms with Crippen LogP contribution >= 0.6 is 0 Å². The fourth-order valence-corrected chi connectivity index (χ4v) is 6.71. The molecule has 3 aromatic rings. The number of carboxylic acid groups (broad SMARTS) is 1. The molecule has 2 aliphatic rings. The lowest BCUT2D eigenvalue weighted by Gasteiger charge is -2.31. The highest BCUT2D eigenvalue weighted by atomic mass is 16.4. The zero-order valence-corrected chi connectivity index (χ0v) is 27.6. The number of amides is 6. The molecule has 0 bridgehead atoms. The van der Waals surface area contributed by atoms with Crippen molar-refractivity contribution in [3.63, 3.8) is 0 Å². The summed E-state index contributed by atoms with van der Waals surface area (Å²) < 4.78 is 0. The molecule has 0 unspecified atom stereocenters. The number of imide groups is 1. The quantitative estimate of drug-likeness (QED) is 0.165. The van der Waals surface area contributed by atoms with Gasteiger partial charge >= 0.3 is 18.0 Å². The number of hydrogen-bond donors (Lipinski definition) is 4. The molecule has 3 aromatic carbocycles. The van der Waals surface area contributed by atoms with Crippen molar-refractivity contribution in [2.75, 3.05) is 10.6 Å². The van der Waals surface area contributed by atoms with E-state index in [9.17, 15) is 29.1 Å². The van der Waals surface area contributed by atoms with Crippen LogP contribution in [0.4, 0.5) is 21.0 Å². The lowest BCUT2D eigenvalue weighted by Crippen LogP contribution is -2.52. The molecule has 1 spiro atoms. The molecule has 1 heterocycles. The first-order valence-electron chi connectivity index (χ1n) is 16.4. The van der Waals surface area contributed by atoms with Gasteiger partial charge < -0.3 is 26.0 Å². The van der Waals surface area contributed by atoms with Crippen molar-refractivity contribution in [3.8, 4) is 0 Å². The molecule has 2 atom stereocenters. The summed E-state index contributed by atoms with van der Waals surface area (Å²) in [5.74, 6) is -2.06. The van der Waals surface area contributed by atoms with Crippen molar-refractivity contribution in [2.45, 2.75) is 83.5 Å². The monoisotopic (exact) mass is 653 g/mol. The largest absolute Gasteiger partial charge is 0.481 e. The van der Waals surface area contributed by atoms with Crippen LogP contribution in [0.25, 0.3) is 0 Å². The maximum atomic E-state index is 14.3. The zero-order valence-electron chi connectivity index (χ0n) is 27.6. The van der Waals surface area contributed by atoms with Crippen molar-refractivity contribution in [3.05, 3.63) is 95.6 Å². The Morgan fingerprint density at radius 3 is 2.15 bits per heavy atom. The second kappa shape index (κ2) is 14.7. The van der Waals surface area contributed by atoms with Crippen molar-refractivity contribution in [2.24, 2.45) is 5.92 Å². The van der Waals surface area contributed by atoms with Gasteiger partial charge in [-0.3, -0.25) is 14.4 Å². The SMILES string of the molecule is Cc1ccccc1NC(=O)Nc1ccc(CN2C(=O)N([C@@H](CC(C)C)C(=O)N[C@@H](CC(=O)O)c3ccccc3)C(=O)C23CCCC3)cc1. The molecule has 1 saturated heterocycles. The van der Waals surface area contributed by atoms with Gasteiger partial charge in [0.1, 0.15) is 11.6 Å². The Balaban J connectivity index is 1.35. The Morgan fingerprint density at radius 2 is 1.52 bits per heavy atom. The van der Waals surface area contributed by atoms with E-state index >= 15 is 0 Å². The van der Waals surface area contributed by atoms with E-state index in [1.807, 2.05) is 45.0 Å². The summed E-state index contributed by atoms with van der Waals surface area (Å²) in [4.78, 5) is 69.5. The van der Waals surface area contributed by atoms with Crippen molar-refractivity contribution < 1.29 is 29.1 Å². The van der Waals surface area contributed by atoms with Gasteiger partial charge in [0.25, 0.3) is 5.91 Å². The van der Waals surface area contributed by atoms with E-state index in [4.69, 9.17) is 0 Å². The molecule has 2 fully saturated rings. The molecule has 0 radical (unpaired) electrons. The van der Waals surface area contributed by atoms with E-state index < -0.39 is 35.5 Å². The summed E-state index contributed by atoms with van der Waals surface area (Å²) in [7, 11) is 0. The highest BCUT2D eigenvalue weighted by Crippen LogP contribution is 2.44. The number of anilines is 2. The summed E-state index contributed by atoms with van der Waals surface area (Å²) in [5.41, 5.74) is 2.54. The molecule has 4 N–H and O–H groups in total. The number of nitrogens with one attached hydrogen (secondary N) is 3. The number of carboxylic acids is 1. The summed E-state index contributed by atoms with van der Waals surface area (Å²) in [6, 6.07) is 20.5. The predicted molar refractivity (Wildman–Crippen MR) is 182 cm³/mol. The second-order valence-electron chi connectivity index (χ2n) is 13.1. The molecule has 5 rings (SSSR count). The first kappa shape index (κ1) is 34.2. The lowest BCUT2D eigenvalue weighted by atomic mass is 9.93. The third-order valence-electron chi connectivity index (χ3n) is 9.15. The molecule has 1 aliphatic heterocycles. The highest BCUT2D eigenvalue weighted by molar-refractivity contribution is 6.10. The Bertz CT molecular complexity index is 1650. The zero-order chi connectivity index (χ0) is 34.4. The maximum Gasteiger partial charge on any atom is 0.328 e. The Labute approximate surface area is 280 Å². The standard InChI is InChI=1S/C37H43N5O6/c1-24(2)21-31(33(45)39-30(22-32(43)44)27-12-5-4-6-13-27)42-34(46)37(19-9-10-20-37)41(36(42)48)23-26-15-17-28(18-16-26)38-35(47)40-29-14-8-7-11-25(29)3/h4-8,11-18,24,30-31H,9-10,19-23H2,1-3H3,(H,39,45)(H,43,44)(H2,38,40,47)/t30-,31-/m0/s1. The van der Waals surface area contributed by atoms with Crippen LogP contribution in [0.5, 0.6) is 0 Å². The van der Waals surface area contributed by atoms with Gasteiger partial charge in [-0.05, 0) is 67.0 Å². The van der Waals surface area contributed by atoms with Gasteiger partial charge in [0, 0.05) is 17.9 Å². The van der Waals surface area contributed by atoms with E-state index in [-0.39, 0.29) is 37.2 Å². The molecule has 11 heteroatoms. The normalized spacial score (nSPS) is 16.7. The molecule has 1 aliphatic carbocycles. The maximum absolute atomic E-state index is 14.3. The number of aryl methyl sites for hydroxylation is 1. The van der Waals surface area contributed by atoms with Gasteiger partial charge in [0.15, 0.2) is 0 Å². The smallest absolute Gasteiger partial charge is 0.328 e. The first-order valence-corrected chi connectivity index (χ1v) is 16.4. The van der Waals surface area contributed by atoms with Crippen LogP contribution in [0.1, 0.15) is 75.1 Å². The molecular formula is C37H43N5O6. The summed E-state index contributed by atoms with van der Waals surface area (Å²) in [6.07, 6.45) is 2.42. The van der Waals surface area contributed by atoms with Crippen LogP contribution in [0.15, 0.2) is 78.9 Å². The van der Waals surface area contributed by atoms with Crippen molar-refractivity contribution in [1.82, 2.24) is 15.1 Å². The average Bonchev–Trinajstić information content (AvgIpc) is 3.62. The van der Waals surface area contributed by atoms with Crippen molar-refractivity contribution >= 4 is 41.2 Å². The number of hydrogen-bond acceptors (Lipinski definition) is 5. The van der Waals surface area contributed by atoms with Gasteiger partial charge in [-0.2, -0.15) is 0 Å². The topological polar surface area (TPSA) is 148 Å². The summed E-state index contributed by atoms with van der Waals surface area (Å²) in [5, 5.41) is 18.1. The fourth-order valence-electron chi connectivity index (χ4n) is 6.71. The molecule has 1 saturated carbocycles. The second-order valence-corrected chi connectivity index (χ2v) is 13.1. The van der Waals surface area contributed by atoms with Crippen LogP contribution in [-0.2, 0) is 20.9 Å². The number of nitrogens with zero attached hydrogens (tertiary/aromatic N) is 2. The Hall–Kier alpha value is -5.19. The van der Waals surface area contributed by atoms with Crippen LogP contribution in [0.3, 0.4) is 0 Å². The van der Waals surface area contributed by atoms with Gasteiger partial charge in [-0.1, -0.05) is 87.4 Å². The molecule has 0 aromatic heterocycles. The lowest BCUT2D eigenvalue weighted by molar-refractivity contribution is -0.141. The molecule has 11 nitrogen and oxygen atoms in total. The fraction of sp³-hybridized carbons (Fsp3) is 0.378. The van der Waals surface area contributed by atoms with E-state index in [1.54, 1.807) is 59.5 Å². The van der Waals surface area contributed by atoms with Gasteiger partial charge in [-0.15, -0.1) is 0 Å². The third kappa shape index (κ3) is 7.51. The van der Waals surface area contributed by atoms with E-state index in [0.717, 1.165) is 28.9 Å². The predicted octanol–water partition coefficient (Wildman–Crippen LogP) is 6.46. The first-order chi connectivity index (χ1) is 23.0. The third-order valence-corrected chi connectivity index (χ3v) is 9.15. The minimum absolute atomic E-state index is 0.0346. The van der Waals surface area contributed by atoms with E-state index in [2.05, 4.69) is 16.0 Å². The Morgan fingerprint density at radius 1 is 0.875 bits per heavy atom. The van der Waals surface area contributed by atoms with Crippen LogP contribution in [0, 0.1) is 12.8 Å². The number of rotatable bonds is 12. The van der Waals surface area contributed by atoms with Crippen molar-refractivity contribution in [1.29, 1.82) is 0 Å². The summed E-state index contributed by atoms with van der Waals surface area (Å²) >= 11 is 0. The van der Waals surface area contributed by atoms with Gasteiger partial charge in [0.2, 0.25) is 5.91 Å². The van der Waals surface area contributed by atoms with E-state index in [1.165, 1.54) is 0 Å². The number of para-hydroxylation sites is 1. The minimum Gasteiger partial charge on any atom is -0.481 e. The number of aliphatic carboxylic acids is 1. The number of carbonyl (C=O) groups is 5. The average molecular weight is 654 g/mol.